The van der Waals surface area contributed by atoms with Gasteiger partial charge in [0.15, 0.2) is 0 Å². The van der Waals surface area contributed by atoms with Crippen molar-refractivity contribution < 1.29 is 13.3 Å². The van der Waals surface area contributed by atoms with Crippen molar-refractivity contribution in [1.29, 1.82) is 0 Å². The van der Waals surface area contributed by atoms with E-state index < -0.39 is 14.9 Å². The lowest BCUT2D eigenvalue weighted by molar-refractivity contribution is -0.384. The van der Waals surface area contributed by atoms with Crippen LogP contribution < -0.4 is 0 Å². The lowest BCUT2D eigenvalue weighted by Gasteiger charge is -2.18. The molecule has 6 nitrogen and oxygen atoms in total. The summed E-state index contributed by atoms with van der Waals surface area (Å²) in [5.41, 5.74) is 0.789. The fourth-order valence-corrected chi connectivity index (χ4v) is 3.32. The zero-order chi connectivity index (χ0) is 14.5. The Morgan fingerprint density at radius 3 is 2.11 bits per heavy atom. The SMILES string of the molecule is CCN(CC)S(=O)(=O)CCc1ccc([N+](=O)[O-])cc1. The van der Waals surface area contributed by atoms with Crippen LogP contribution in [-0.4, -0.2) is 36.5 Å². The fourth-order valence-electron chi connectivity index (χ4n) is 1.78. The molecule has 0 unspecified atom stereocenters. The highest BCUT2D eigenvalue weighted by molar-refractivity contribution is 7.89. The quantitative estimate of drug-likeness (QED) is 0.565. The summed E-state index contributed by atoms with van der Waals surface area (Å²) in [5, 5.41) is 10.5. The predicted octanol–water partition coefficient (Wildman–Crippen LogP) is 1.81. The first-order valence-electron chi connectivity index (χ1n) is 6.11. The van der Waals surface area contributed by atoms with Crippen molar-refractivity contribution in [2.45, 2.75) is 20.3 Å². The van der Waals surface area contributed by atoms with Crippen molar-refractivity contribution in [3.63, 3.8) is 0 Å². The van der Waals surface area contributed by atoms with Gasteiger partial charge in [-0.1, -0.05) is 26.0 Å². The van der Waals surface area contributed by atoms with Gasteiger partial charge in [0, 0.05) is 25.2 Å². The predicted molar refractivity (Wildman–Crippen MR) is 73.5 cm³/mol. The third-order valence-corrected chi connectivity index (χ3v) is 4.92. The van der Waals surface area contributed by atoms with Crippen molar-refractivity contribution in [2.24, 2.45) is 0 Å². The van der Waals surface area contributed by atoms with Gasteiger partial charge in [0.05, 0.1) is 10.7 Å². The summed E-state index contributed by atoms with van der Waals surface area (Å²) in [7, 11) is -3.25. The molecule has 1 aromatic rings. The number of hydrogen-bond acceptors (Lipinski definition) is 4. The first kappa shape index (κ1) is 15.6. The minimum absolute atomic E-state index is 0.00958. The molecule has 7 heteroatoms. The third-order valence-electron chi connectivity index (χ3n) is 2.89. The van der Waals surface area contributed by atoms with E-state index in [4.69, 9.17) is 0 Å². The van der Waals surface area contributed by atoms with Crippen LogP contribution in [0.4, 0.5) is 5.69 Å². The van der Waals surface area contributed by atoms with E-state index in [0.29, 0.717) is 19.5 Å². The Kier molecular flexibility index (Phi) is 5.44. The molecule has 0 aromatic heterocycles. The van der Waals surface area contributed by atoms with Gasteiger partial charge in [0.1, 0.15) is 0 Å². The van der Waals surface area contributed by atoms with Gasteiger partial charge in [-0.25, -0.2) is 12.7 Å². The van der Waals surface area contributed by atoms with Crippen LogP contribution >= 0.6 is 0 Å². The van der Waals surface area contributed by atoms with Gasteiger partial charge >= 0.3 is 0 Å². The molecule has 0 N–H and O–H groups in total. The maximum Gasteiger partial charge on any atom is 0.269 e. The number of non-ortho nitro benzene ring substituents is 1. The second-order valence-corrected chi connectivity index (χ2v) is 6.16. The van der Waals surface area contributed by atoms with E-state index in [-0.39, 0.29) is 11.4 Å². The van der Waals surface area contributed by atoms with Gasteiger partial charge in [0.25, 0.3) is 5.69 Å². The summed E-state index contributed by atoms with van der Waals surface area (Å²) in [6, 6.07) is 5.96. The van der Waals surface area contributed by atoms with E-state index in [9.17, 15) is 18.5 Å². The van der Waals surface area contributed by atoms with Gasteiger partial charge in [-0.2, -0.15) is 0 Å². The van der Waals surface area contributed by atoms with Gasteiger partial charge in [0.2, 0.25) is 10.0 Å². The van der Waals surface area contributed by atoms with Crippen molar-refractivity contribution in [3.8, 4) is 0 Å². The maximum atomic E-state index is 12.0. The van der Waals surface area contributed by atoms with Crippen LogP contribution in [-0.2, 0) is 16.4 Å². The minimum atomic E-state index is -3.25. The number of nitrogens with zero attached hydrogens (tertiary/aromatic N) is 2. The van der Waals surface area contributed by atoms with Gasteiger partial charge in [-0.3, -0.25) is 10.1 Å². The molecule has 0 radical (unpaired) electrons. The second-order valence-electron chi connectivity index (χ2n) is 4.07. The van der Waals surface area contributed by atoms with Crippen LogP contribution in [0.3, 0.4) is 0 Å². The lowest BCUT2D eigenvalue weighted by atomic mass is 10.1. The Morgan fingerprint density at radius 2 is 1.68 bits per heavy atom. The molecular formula is C12H18N2O4S. The summed E-state index contributed by atoms with van der Waals surface area (Å²) in [6.45, 7) is 4.51. The number of aryl methyl sites for hydroxylation is 1. The maximum absolute atomic E-state index is 12.0. The van der Waals surface area contributed by atoms with Crippen molar-refractivity contribution in [1.82, 2.24) is 4.31 Å². The largest absolute Gasteiger partial charge is 0.269 e. The fraction of sp³-hybridized carbons (Fsp3) is 0.500. The van der Waals surface area contributed by atoms with Crippen LogP contribution in [0.5, 0.6) is 0 Å². The van der Waals surface area contributed by atoms with Crippen LogP contribution in [0, 0.1) is 10.1 Å². The van der Waals surface area contributed by atoms with E-state index in [0.717, 1.165) is 5.56 Å². The molecule has 0 atom stereocenters. The van der Waals surface area contributed by atoms with Gasteiger partial charge < -0.3 is 0 Å². The number of nitro benzene ring substituents is 1. The smallest absolute Gasteiger partial charge is 0.258 e. The van der Waals surface area contributed by atoms with Crippen molar-refractivity contribution in [3.05, 3.63) is 39.9 Å². The molecule has 0 heterocycles. The van der Waals surface area contributed by atoms with E-state index in [2.05, 4.69) is 0 Å². The molecule has 0 fully saturated rings. The number of sulfonamides is 1. The normalized spacial score (nSPS) is 11.7. The Balaban J connectivity index is 2.69. The summed E-state index contributed by atoms with van der Waals surface area (Å²) in [4.78, 5) is 10.0. The zero-order valence-electron chi connectivity index (χ0n) is 11.1. The second kappa shape index (κ2) is 6.63. The monoisotopic (exact) mass is 286 g/mol. The highest BCUT2D eigenvalue weighted by Gasteiger charge is 2.18. The average molecular weight is 286 g/mol. The van der Waals surface area contributed by atoms with E-state index in [1.165, 1.54) is 16.4 Å². The van der Waals surface area contributed by atoms with Crippen LogP contribution in [0.2, 0.25) is 0 Å². The van der Waals surface area contributed by atoms with E-state index >= 15 is 0 Å². The molecule has 0 amide bonds. The number of benzene rings is 1. The summed E-state index contributed by atoms with van der Waals surface area (Å²) >= 11 is 0. The Hall–Kier alpha value is -1.47. The highest BCUT2D eigenvalue weighted by atomic mass is 32.2. The Labute approximate surface area is 113 Å². The Bertz CT molecular complexity index is 521. The molecule has 106 valence electrons. The van der Waals surface area contributed by atoms with Crippen LogP contribution in [0.1, 0.15) is 19.4 Å². The molecule has 0 spiro atoms. The molecule has 0 saturated carbocycles. The summed E-state index contributed by atoms with van der Waals surface area (Å²) < 4.78 is 25.3. The van der Waals surface area contributed by atoms with E-state index in [1.54, 1.807) is 26.0 Å². The molecule has 0 aliphatic rings. The van der Waals surface area contributed by atoms with Crippen LogP contribution in [0.25, 0.3) is 0 Å². The molecular weight excluding hydrogens is 268 g/mol. The molecule has 0 saturated heterocycles. The average Bonchev–Trinajstić information content (AvgIpc) is 2.38. The molecule has 0 aliphatic heterocycles. The molecule has 1 rings (SSSR count). The highest BCUT2D eigenvalue weighted by Crippen LogP contribution is 2.13. The number of nitro groups is 1. The zero-order valence-corrected chi connectivity index (χ0v) is 11.9. The Morgan fingerprint density at radius 1 is 1.16 bits per heavy atom. The first-order valence-corrected chi connectivity index (χ1v) is 7.72. The number of rotatable bonds is 7. The molecule has 0 bridgehead atoms. The summed E-state index contributed by atoms with van der Waals surface area (Å²) in [6.07, 6.45) is 0.358. The number of hydrogen-bond donors (Lipinski definition) is 0. The standard InChI is InChI=1S/C12H18N2O4S/c1-3-13(4-2)19(17,18)10-9-11-5-7-12(8-6-11)14(15)16/h5-8H,3-4,9-10H2,1-2H3. The van der Waals surface area contributed by atoms with Crippen molar-refractivity contribution in [2.75, 3.05) is 18.8 Å². The topological polar surface area (TPSA) is 80.5 Å². The third kappa shape index (κ3) is 4.29. The molecule has 0 aliphatic carbocycles. The first-order chi connectivity index (χ1) is 8.90. The van der Waals surface area contributed by atoms with Gasteiger partial charge in [-0.05, 0) is 12.0 Å². The van der Waals surface area contributed by atoms with E-state index in [1.807, 2.05) is 0 Å². The molecule has 1 aromatic carbocycles. The van der Waals surface area contributed by atoms with Gasteiger partial charge in [-0.15, -0.1) is 0 Å². The minimum Gasteiger partial charge on any atom is -0.258 e. The summed E-state index contributed by atoms with van der Waals surface area (Å²) in [5.74, 6) is 0.0203. The lowest BCUT2D eigenvalue weighted by Crippen LogP contribution is -2.33. The molecule has 19 heavy (non-hydrogen) atoms. The van der Waals surface area contributed by atoms with Crippen molar-refractivity contribution >= 4 is 15.7 Å². The van der Waals surface area contributed by atoms with Crippen LogP contribution in [0.15, 0.2) is 24.3 Å².